The molecule has 0 aromatic heterocycles. The molecular weight excluding hydrogens is 522 g/mol. The van der Waals surface area contributed by atoms with E-state index in [2.05, 4.69) is 10.6 Å². The molecule has 0 fully saturated rings. The van der Waals surface area contributed by atoms with Crippen molar-refractivity contribution in [3.05, 3.63) is 59.2 Å². The predicted molar refractivity (Wildman–Crippen MR) is 160 cm³/mol. The number of phenolic OH excluding ortho intramolecular Hbond substituents is 2. The van der Waals surface area contributed by atoms with Crippen LogP contribution in [0.4, 0.5) is 4.79 Å². The average molecular weight is 570 g/mol. The summed E-state index contributed by atoms with van der Waals surface area (Å²) in [7, 11) is 0. The lowest BCUT2D eigenvalue weighted by Crippen LogP contribution is -2.60. The minimum Gasteiger partial charge on any atom is -0.508 e. The van der Waals surface area contributed by atoms with Crippen molar-refractivity contribution in [2.75, 3.05) is 0 Å². The van der Waals surface area contributed by atoms with E-state index in [0.717, 1.165) is 0 Å². The Morgan fingerprint density at radius 3 is 2.00 bits per heavy atom. The van der Waals surface area contributed by atoms with Crippen molar-refractivity contribution in [3.8, 4) is 11.5 Å². The van der Waals surface area contributed by atoms with Gasteiger partial charge in [-0.15, -0.1) is 0 Å². The van der Waals surface area contributed by atoms with Gasteiger partial charge in [-0.2, -0.15) is 0 Å². The fourth-order valence-corrected chi connectivity index (χ4v) is 4.34. The Bertz CT molecular complexity index is 1230. The lowest BCUT2D eigenvalue weighted by Gasteiger charge is -2.45. The van der Waals surface area contributed by atoms with Crippen molar-refractivity contribution >= 4 is 17.9 Å². The molecule has 0 radical (unpaired) electrons. The van der Waals surface area contributed by atoms with E-state index < -0.39 is 46.7 Å². The molecule has 2 rings (SSSR count). The summed E-state index contributed by atoms with van der Waals surface area (Å²) in [4.78, 5) is 43.1. The van der Waals surface area contributed by atoms with Crippen LogP contribution < -0.4 is 10.6 Å². The first kappa shape index (κ1) is 33.5. The monoisotopic (exact) mass is 569 g/mol. The van der Waals surface area contributed by atoms with Crippen molar-refractivity contribution < 1.29 is 29.3 Å². The largest absolute Gasteiger partial charge is 0.508 e. The molecule has 9 heteroatoms. The zero-order valence-corrected chi connectivity index (χ0v) is 26.1. The number of ether oxygens (including phenoxy) is 1. The molecule has 0 heterocycles. The van der Waals surface area contributed by atoms with Gasteiger partial charge in [-0.05, 0) is 110 Å². The zero-order valence-electron chi connectivity index (χ0n) is 26.1. The maximum atomic E-state index is 14.6. The van der Waals surface area contributed by atoms with Crippen LogP contribution in [0.15, 0.2) is 42.5 Å². The van der Waals surface area contributed by atoms with Gasteiger partial charge in [0.25, 0.3) is 0 Å². The second kappa shape index (κ2) is 12.8. The van der Waals surface area contributed by atoms with E-state index >= 15 is 0 Å². The highest BCUT2D eigenvalue weighted by Gasteiger charge is 2.44. The first-order valence-corrected chi connectivity index (χ1v) is 14.0. The second-order valence-electron chi connectivity index (χ2n) is 13.1. The lowest BCUT2D eigenvalue weighted by atomic mass is 9.90. The first-order chi connectivity index (χ1) is 18.7. The number of alkyl carbamates (subject to hydrolysis) is 1. The van der Waals surface area contributed by atoms with E-state index in [1.807, 2.05) is 41.5 Å². The van der Waals surface area contributed by atoms with E-state index in [-0.39, 0.29) is 17.9 Å². The number of rotatable bonds is 9. The van der Waals surface area contributed by atoms with E-state index in [0.29, 0.717) is 23.1 Å². The maximum Gasteiger partial charge on any atom is 0.408 e. The molecule has 2 aromatic carbocycles. The Labute approximate surface area is 244 Å². The summed E-state index contributed by atoms with van der Waals surface area (Å²) in [5.41, 5.74) is -0.430. The Hall–Kier alpha value is -3.75. The van der Waals surface area contributed by atoms with Crippen LogP contribution in [0, 0.1) is 6.92 Å². The Balaban J connectivity index is 2.72. The van der Waals surface area contributed by atoms with Crippen LogP contribution in [0.1, 0.15) is 91.5 Å². The van der Waals surface area contributed by atoms with Gasteiger partial charge in [0.15, 0.2) is 0 Å². The molecule has 0 aliphatic heterocycles. The van der Waals surface area contributed by atoms with Crippen LogP contribution in [0.3, 0.4) is 0 Å². The van der Waals surface area contributed by atoms with Gasteiger partial charge in [0.2, 0.25) is 11.8 Å². The van der Waals surface area contributed by atoms with Crippen molar-refractivity contribution in [2.24, 2.45) is 0 Å². The Kier molecular flexibility index (Phi) is 10.5. The van der Waals surface area contributed by atoms with Gasteiger partial charge in [-0.1, -0.05) is 25.1 Å². The predicted octanol–water partition coefficient (Wildman–Crippen LogP) is 5.52. The summed E-state index contributed by atoms with van der Waals surface area (Å²) in [6.07, 6.45) is -0.162. The van der Waals surface area contributed by atoms with Crippen LogP contribution in [-0.4, -0.2) is 55.7 Å². The molecule has 9 nitrogen and oxygen atoms in total. The Morgan fingerprint density at radius 2 is 1.51 bits per heavy atom. The highest BCUT2D eigenvalue weighted by atomic mass is 16.6. The molecule has 41 heavy (non-hydrogen) atoms. The number of amides is 3. The van der Waals surface area contributed by atoms with E-state index in [1.54, 1.807) is 52.0 Å². The topological polar surface area (TPSA) is 128 Å². The zero-order chi connectivity index (χ0) is 31.3. The van der Waals surface area contributed by atoms with Crippen molar-refractivity contribution in [1.82, 2.24) is 15.5 Å². The third kappa shape index (κ3) is 9.69. The highest BCUT2D eigenvalue weighted by molar-refractivity contribution is 5.93. The number of carbonyl (C=O) groups excluding carboxylic acids is 3. The van der Waals surface area contributed by atoms with E-state index in [1.165, 1.54) is 23.1 Å². The molecule has 3 amide bonds. The number of hydrogen-bond donors (Lipinski definition) is 4. The number of carbonyl (C=O) groups is 3. The maximum absolute atomic E-state index is 14.6. The number of nitrogens with zero attached hydrogens (tertiary/aromatic N) is 1. The molecule has 0 bridgehead atoms. The fraction of sp³-hybridized carbons (Fsp3) is 0.531. The van der Waals surface area contributed by atoms with Gasteiger partial charge in [0.05, 0.1) is 0 Å². The van der Waals surface area contributed by atoms with Gasteiger partial charge >= 0.3 is 6.09 Å². The number of phenols is 2. The van der Waals surface area contributed by atoms with Crippen LogP contribution in [0.5, 0.6) is 11.5 Å². The van der Waals surface area contributed by atoms with Gasteiger partial charge in [-0.25, -0.2) is 4.79 Å². The number of benzene rings is 2. The highest BCUT2D eigenvalue weighted by Crippen LogP contribution is 2.34. The van der Waals surface area contributed by atoms with Crippen LogP contribution in [0.2, 0.25) is 0 Å². The quantitative estimate of drug-likeness (QED) is 0.315. The third-order valence-electron chi connectivity index (χ3n) is 6.66. The third-order valence-corrected chi connectivity index (χ3v) is 6.66. The molecule has 2 atom stereocenters. The van der Waals surface area contributed by atoms with Gasteiger partial charge in [0.1, 0.15) is 29.2 Å². The molecular formula is C32H47N3O6. The first-order valence-electron chi connectivity index (χ1n) is 14.0. The lowest BCUT2D eigenvalue weighted by molar-refractivity contribution is -0.149. The van der Waals surface area contributed by atoms with Crippen molar-refractivity contribution in [3.63, 3.8) is 0 Å². The number of nitrogens with one attached hydrogen (secondary N) is 2. The van der Waals surface area contributed by atoms with Crippen molar-refractivity contribution in [2.45, 2.75) is 111 Å². The van der Waals surface area contributed by atoms with E-state index in [9.17, 15) is 24.6 Å². The molecule has 226 valence electrons. The van der Waals surface area contributed by atoms with Gasteiger partial charge in [0, 0.05) is 17.5 Å². The molecule has 0 aliphatic carbocycles. The fourth-order valence-electron chi connectivity index (χ4n) is 4.34. The SMILES string of the molecule is CCC(C)(C)N(C(=O)C(Cc1ccc(O)cc1)NC(=O)OC(C)(C)C)C(C(=O)NC(C)(C)C)c1ccc(O)c(C)c1. The smallest absolute Gasteiger partial charge is 0.408 e. The molecule has 0 spiro atoms. The van der Waals surface area contributed by atoms with Crippen molar-refractivity contribution in [1.29, 1.82) is 0 Å². The summed E-state index contributed by atoms with van der Waals surface area (Å²) in [5.74, 6) is -0.714. The molecule has 0 saturated heterocycles. The standard InChI is InChI=1S/C32H47N3O6/c1-11-32(9,10)35(26(27(38)34-30(3,4)5)22-14-17-25(37)20(2)18-22)28(39)24(33-29(40)41-31(6,7)8)19-21-12-15-23(36)16-13-21/h12-18,24,26,36-37H,11,19H2,1-10H3,(H,33,40)(H,34,38). The molecule has 0 saturated carbocycles. The summed E-state index contributed by atoms with van der Waals surface area (Å²) < 4.78 is 5.49. The number of aromatic hydroxyl groups is 2. The van der Waals surface area contributed by atoms with Gasteiger partial charge < -0.3 is 30.5 Å². The average Bonchev–Trinajstić information content (AvgIpc) is 2.82. The van der Waals surface area contributed by atoms with E-state index in [4.69, 9.17) is 4.74 Å². The number of aryl methyl sites for hydroxylation is 1. The molecule has 2 unspecified atom stereocenters. The number of hydrogen-bond acceptors (Lipinski definition) is 6. The Morgan fingerprint density at radius 1 is 0.927 bits per heavy atom. The summed E-state index contributed by atoms with van der Waals surface area (Å²) in [6, 6.07) is 9.05. The van der Waals surface area contributed by atoms with Crippen LogP contribution in [0.25, 0.3) is 0 Å². The normalized spacial score (nSPS) is 13.6. The molecule has 0 aliphatic rings. The van der Waals surface area contributed by atoms with Gasteiger partial charge in [-0.3, -0.25) is 9.59 Å². The van der Waals surface area contributed by atoms with Crippen LogP contribution >= 0.6 is 0 Å². The molecule has 4 N–H and O–H groups in total. The second-order valence-corrected chi connectivity index (χ2v) is 13.1. The summed E-state index contributed by atoms with van der Waals surface area (Å²) in [6.45, 7) is 18.2. The summed E-state index contributed by atoms with van der Waals surface area (Å²) in [5, 5.41) is 25.7. The van der Waals surface area contributed by atoms with Crippen LogP contribution in [-0.2, 0) is 20.7 Å². The summed E-state index contributed by atoms with van der Waals surface area (Å²) >= 11 is 0. The minimum atomic E-state index is -1.09. The molecule has 2 aromatic rings. The minimum absolute atomic E-state index is 0.0760.